The zero-order valence-corrected chi connectivity index (χ0v) is 19.6. The van der Waals surface area contributed by atoms with Crippen LogP contribution in [0.5, 0.6) is 5.75 Å². The zero-order valence-electron chi connectivity index (χ0n) is 18.8. The van der Waals surface area contributed by atoms with Gasteiger partial charge in [0.1, 0.15) is 17.3 Å². The van der Waals surface area contributed by atoms with Gasteiger partial charge in [0, 0.05) is 17.3 Å². The number of sulfone groups is 1. The molecule has 3 aromatic carbocycles. The maximum Gasteiger partial charge on any atom is 0.573 e. The lowest BCUT2D eigenvalue weighted by Crippen LogP contribution is -2.54. The molecule has 2 heterocycles. The van der Waals surface area contributed by atoms with Crippen molar-refractivity contribution in [2.45, 2.75) is 17.8 Å². The number of hydrogen-bond donors (Lipinski definition) is 0. The zero-order chi connectivity index (χ0) is 27.6. The molecular formula is C24H14F6N2O5S. The normalized spacial score (nSPS) is 20.4. The Kier molecular flexibility index (Phi) is 5.71. The Morgan fingerprint density at radius 3 is 2.21 bits per heavy atom. The van der Waals surface area contributed by atoms with Gasteiger partial charge < -0.3 is 9.64 Å². The highest BCUT2D eigenvalue weighted by Gasteiger charge is 2.69. The number of hydrogen-bond acceptors (Lipinski definition) is 5. The summed E-state index contributed by atoms with van der Waals surface area (Å²) < 4.78 is 111. The molecule has 0 saturated carbocycles. The van der Waals surface area contributed by atoms with Gasteiger partial charge in [0.2, 0.25) is 5.91 Å². The van der Waals surface area contributed by atoms with Crippen LogP contribution in [0.4, 0.5) is 37.7 Å². The van der Waals surface area contributed by atoms with Crippen LogP contribution in [0.2, 0.25) is 0 Å². The third kappa shape index (κ3) is 3.86. The summed E-state index contributed by atoms with van der Waals surface area (Å²) >= 11 is 0. The first-order valence-corrected chi connectivity index (χ1v) is 12.4. The van der Waals surface area contributed by atoms with Crippen LogP contribution < -0.4 is 14.5 Å². The van der Waals surface area contributed by atoms with Crippen molar-refractivity contribution in [1.82, 2.24) is 0 Å². The summed E-state index contributed by atoms with van der Waals surface area (Å²) in [6.07, 6.45) is -5.18. The Balaban J connectivity index is 1.77. The summed E-state index contributed by atoms with van der Waals surface area (Å²) in [6, 6.07) is 9.25. The lowest BCUT2D eigenvalue weighted by molar-refractivity contribution is -0.274. The molecule has 0 radical (unpaired) electrons. The van der Waals surface area contributed by atoms with Gasteiger partial charge in [-0.3, -0.25) is 14.5 Å². The van der Waals surface area contributed by atoms with E-state index in [1.54, 1.807) is 0 Å². The van der Waals surface area contributed by atoms with E-state index in [0.717, 1.165) is 35.2 Å². The van der Waals surface area contributed by atoms with E-state index in [2.05, 4.69) is 4.74 Å². The van der Waals surface area contributed by atoms with E-state index >= 15 is 0 Å². The van der Waals surface area contributed by atoms with Crippen LogP contribution in [-0.4, -0.2) is 32.3 Å². The van der Waals surface area contributed by atoms with Crippen LogP contribution in [0.1, 0.15) is 11.1 Å². The van der Waals surface area contributed by atoms with E-state index < -0.39 is 73.1 Å². The van der Waals surface area contributed by atoms with Gasteiger partial charge in [-0.25, -0.2) is 21.6 Å². The summed E-state index contributed by atoms with van der Waals surface area (Å²) in [7, 11) is -4.84. The van der Waals surface area contributed by atoms with Crippen LogP contribution >= 0.6 is 0 Å². The fourth-order valence-electron chi connectivity index (χ4n) is 4.67. The van der Waals surface area contributed by atoms with E-state index in [1.165, 1.54) is 12.1 Å². The van der Waals surface area contributed by atoms with E-state index in [9.17, 15) is 44.3 Å². The molecule has 7 nitrogen and oxygen atoms in total. The van der Waals surface area contributed by atoms with E-state index in [1.807, 2.05) is 0 Å². The Labute approximate surface area is 210 Å². The first kappa shape index (κ1) is 25.6. The second-order valence-corrected chi connectivity index (χ2v) is 10.6. The van der Waals surface area contributed by atoms with E-state index in [0.29, 0.717) is 28.7 Å². The van der Waals surface area contributed by atoms with Crippen LogP contribution in [0, 0.1) is 17.5 Å². The van der Waals surface area contributed by atoms with Crippen molar-refractivity contribution in [2.24, 2.45) is 0 Å². The largest absolute Gasteiger partial charge is 0.573 e. The molecule has 1 saturated heterocycles. The second kappa shape index (κ2) is 8.48. The minimum Gasteiger partial charge on any atom is -0.406 e. The van der Waals surface area contributed by atoms with Gasteiger partial charge in [-0.05, 0) is 48.0 Å². The molecule has 2 amide bonds. The minimum absolute atomic E-state index is 0.181. The number of benzene rings is 3. The minimum atomic E-state index is -5.18. The van der Waals surface area contributed by atoms with Crippen LogP contribution in [0.3, 0.4) is 0 Å². The highest BCUT2D eigenvalue weighted by Crippen LogP contribution is 2.54. The van der Waals surface area contributed by atoms with Crippen molar-refractivity contribution in [3.05, 3.63) is 89.2 Å². The number of rotatable bonds is 4. The van der Waals surface area contributed by atoms with Gasteiger partial charge in [0.15, 0.2) is 21.5 Å². The fourth-order valence-corrected chi connectivity index (χ4v) is 6.69. The third-order valence-corrected chi connectivity index (χ3v) is 8.24. The number of fused-ring (bicyclic) bond motifs is 2. The number of amides is 2. The molecule has 0 N–H and O–H groups in total. The Bertz CT molecular complexity index is 1590. The van der Waals surface area contributed by atoms with E-state index in [-0.39, 0.29) is 12.2 Å². The maximum absolute atomic E-state index is 14.1. The van der Waals surface area contributed by atoms with Crippen molar-refractivity contribution in [2.75, 3.05) is 15.6 Å². The first-order valence-electron chi connectivity index (χ1n) is 10.7. The summed E-state index contributed by atoms with van der Waals surface area (Å²) in [4.78, 5) is 25.4. The van der Waals surface area contributed by atoms with Gasteiger partial charge in [0.25, 0.3) is 10.8 Å². The molecule has 38 heavy (non-hydrogen) atoms. The van der Waals surface area contributed by atoms with E-state index in [4.69, 9.17) is 0 Å². The maximum atomic E-state index is 14.1. The summed E-state index contributed by atoms with van der Waals surface area (Å²) in [5, 5.41) is 0. The molecule has 1 spiro atoms. The Hall–Kier alpha value is -4.07. The predicted molar refractivity (Wildman–Crippen MR) is 120 cm³/mol. The number of carbonyl (C=O) groups excluding carboxylic acids is 2. The average molecular weight is 556 g/mol. The van der Waals surface area contributed by atoms with Gasteiger partial charge in [-0.1, -0.05) is 12.1 Å². The van der Waals surface area contributed by atoms with Crippen LogP contribution in [0.25, 0.3) is 0 Å². The highest BCUT2D eigenvalue weighted by molar-refractivity contribution is 7.94. The van der Waals surface area contributed by atoms with Crippen molar-refractivity contribution in [3.8, 4) is 5.75 Å². The van der Waals surface area contributed by atoms with Crippen LogP contribution in [0.15, 0.2) is 60.7 Å². The number of nitrogens with zero attached hydrogens (tertiary/aromatic N) is 2. The SMILES string of the molecule is O=C1CS(=O)(=O)C2(C(=O)N(Cc3ccc(F)cc3)c3ccc(OC(F)(F)F)cc32)N1c1ccc(F)c(F)c1. The quantitative estimate of drug-likeness (QED) is 0.451. The van der Waals surface area contributed by atoms with Crippen molar-refractivity contribution in [1.29, 1.82) is 0 Å². The van der Waals surface area contributed by atoms with Crippen molar-refractivity contribution in [3.63, 3.8) is 0 Å². The molecule has 2 aliphatic rings. The molecule has 2 aliphatic heterocycles. The molecule has 0 aliphatic carbocycles. The topological polar surface area (TPSA) is 84.0 Å². The van der Waals surface area contributed by atoms with Crippen molar-refractivity contribution >= 4 is 33.0 Å². The summed E-state index contributed by atoms with van der Waals surface area (Å²) in [5.41, 5.74) is -0.929. The summed E-state index contributed by atoms with van der Waals surface area (Å²) in [5.74, 6) is -7.95. The molecular weight excluding hydrogens is 542 g/mol. The first-order chi connectivity index (χ1) is 17.7. The molecule has 14 heteroatoms. The molecule has 0 aromatic heterocycles. The molecule has 1 unspecified atom stereocenters. The number of anilines is 2. The standard InChI is InChI=1S/C24H14F6N2O5S/c25-14-3-1-13(2-4-14)11-31-20-8-6-16(37-24(28,29)30)10-17(20)23(22(31)34)32(21(33)12-38(23,35)36)15-5-7-18(26)19(27)9-15/h1-10H,11-12H2. The second-order valence-electron chi connectivity index (χ2n) is 8.48. The molecule has 5 rings (SSSR count). The average Bonchev–Trinajstić information content (AvgIpc) is 3.18. The molecule has 198 valence electrons. The smallest absolute Gasteiger partial charge is 0.406 e. The number of alkyl halides is 3. The fraction of sp³-hybridized carbons (Fsp3) is 0.167. The predicted octanol–water partition coefficient (Wildman–Crippen LogP) is 4.16. The van der Waals surface area contributed by atoms with Crippen molar-refractivity contribution < 1.29 is 49.1 Å². The Morgan fingerprint density at radius 2 is 1.58 bits per heavy atom. The molecule has 1 atom stereocenters. The van der Waals surface area contributed by atoms with Gasteiger partial charge in [0.05, 0.1) is 12.2 Å². The molecule has 3 aromatic rings. The van der Waals surface area contributed by atoms with Gasteiger partial charge in [-0.15, -0.1) is 13.2 Å². The van der Waals surface area contributed by atoms with Gasteiger partial charge >= 0.3 is 6.36 Å². The molecule has 0 bridgehead atoms. The third-order valence-electron chi connectivity index (χ3n) is 6.14. The summed E-state index contributed by atoms with van der Waals surface area (Å²) in [6.45, 7) is -0.358. The van der Waals surface area contributed by atoms with Crippen LogP contribution in [-0.2, 0) is 30.8 Å². The highest BCUT2D eigenvalue weighted by atomic mass is 32.2. The number of halogens is 6. The monoisotopic (exact) mass is 556 g/mol. The lowest BCUT2D eigenvalue weighted by Gasteiger charge is -2.32. The molecule has 1 fully saturated rings. The van der Waals surface area contributed by atoms with Gasteiger partial charge in [-0.2, -0.15) is 0 Å². The number of ether oxygens (including phenoxy) is 1. The Morgan fingerprint density at radius 1 is 0.895 bits per heavy atom. The lowest BCUT2D eigenvalue weighted by atomic mass is 10.0. The number of carbonyl (C=O) groups is 2.